The van der Waals surface area contributed by atoms with Crippen molar-refractivity contribution in [2.75, 3.05) is 26.7 Å². The van der Waals surface area contributed by atoms with Crippen molar-refractivity contribution >= 4 is 6.09 Å². The summed E-state index contributed by atoms with van der Waals surface area (Å²) in [6.07, 6.45) is -4.47. The molecule has 0 spiro atoms. The number of ether oxygens (including phenoxy) is 2. The number of alkyl halides is 3. The zero-order valence-electron chi connectivity index (χ0n) is 17.5. The number of fused-ring (bicyclic) bond motifs is 1. The first kappa shape index (κ1) is 21.9. The summed E-state index contributed by atoms with van der Waals surface area (Å²) in [6.45, 7) is 9.12. The van der Waals surface area contributed by atoms with E-state index >= 15 is 0 Å². The Hall–Kier alpha value is -1.80. The molecule has 0 radical (unpaired) electrons. The summed E-state index contributed by atoms with van der Waals surface area (Å²) in [5.41, 5.74) is 0.370. The lowest BCUT2D eigenvalue weighted by Gasteiger charge is -2.44. The maximum Gasteiger partial charge on any atom is 0.416 e. The summed E-state index contributed by atoms with van der Waals surface area (Å²) in [6, 6.07) is 3.85. The Labute approximate surface area is 169 Å². The van der Waals surface area contributed by atoms with Crippen LogP contribution < -0.4 is 0 Å². The van der Waals surface area contributed by atoms with E-state index in [0.29, 0.717) is 31.6 Å². The molecule has 0 N–H and O–H groups in total. The van der Waals surface area contributed by atoms with Crippen molar-refractivity contribution in [2.45, 2.75) is 64.1 Å². The molecule has 1 heterocycles. The molecule has 0 bridgehead atoms. The smallest absolute Gasteiger partial charge is 0.416 e. The average Bonchev–Trinajstić information content (AvgIpc) is 2.97. The zero-order chi connectivity index (χ0) is 21.6. The van der Waals surface area contributed by atoms with E-state index in [1.54, 1.807) is 18.1 Å². The van der Waals surface area contributed by atoms with Crippen molar-refractivity contribution in [1.82, 2.24) is 9.80 Å². The second-order valence-electron chi connectivity index (χ2n) is 8.85. The molecule has 29 heavy (non-hydrogen) atoms. The molecule has 0 saturated carbocycles. The molecule has 2 unspecified atom stereocenters. The molecule has 1 aromatic carbocycles. The maximum absolute atomic E-state index is 13.1. The van der Waals surface area contributed by atoms with Crippen LogP contribution in [-0.4, -0.2) is 60.4 Å². The molecule has 8 heteroatoms. The lowest BCUT2D eigenvalue weighted by Crippen LogP contribution is -2.56. The second kappa shape index (κ2) is 7.80. The Balaban J connectivity index is 1.78. The molecule has 1 aliphatic carbocycles. The number of nitrogens with zero attached hydrogens (tertiary/aromatic N) is 2. The number of halogens is 3. The Morgan fingerprint density at radius 2 is 1.86 bits per heavy atom. The molecule has 1 aliphatic heterocycles. The summed E-state index contributed by atoms with van der Waals surface area (Å²) < 4.78 is 50.4. The largest absolute Gasteiger partial charge is 0.444 e. The third kappa shape index (κ3) is 4.69. The number of methoxy groups -OCH3 is 1. The van der Waals surface area contributed by atoms with Crippen LogP contribution >= 0.6 is 0 Å². The first-order valence-electron chi connectivity index (χ1n) is 9.87. The topological polar surface area (TPSA) is 42.0 Å². The molecule has 1 saturated heterocycles. The van der Waals surface area contributed by atoms with Gasteiger partial charge in [-0.05, 0) is 51.0 Å². The van der Waals surface area contributed by atoms with Gasteiger partial charge in [0.25, 0.3) is 0 Å². The Morgan fingerprint density at radius 1 is 1.17 bits per heavy atom. The predicted octanol–water partition coefficient (Wildman–Crippen LogP) is 4.26. The highest BCUT2D eigenvalue weighted by molar-refractivity contribution is 5.68. The lowest BCUT2D eigenvalue weighted by atomic mass is 10.0. The molecule has 2 aliphatic rings. The van der Waals surface area contributed by atoms with E-state index in [4.69, 9.17) is 9.47 Å². The number of hydrogen-bond donors (Lipinski definition) is 0. The van der Waals surface area contributed by atoms with Crippen LogP contribution in [-0.2, 0) is 22.1 Å². The third-order valence-electron chi connectivity index (χ3n) is 5.55. The van der Waals surface area contributed by atoms with E-state index in [0.717, 1.165) is 11.6 Å². The SMILES string of the molecule is COC1Cc2cc(C(F)(F)F)ccc2C1N1CCN(C(=O)OC(C)(C)C)C[C@@H]1C. The van der Waals surface area contributed by atoms with Crippen LogP contribution in [0.3, 0.4) is 0 Å². The average molecular weight is 414 g/mol. The van der Waals surface area contributed by atoms with Crippen LogP contribution in [0.5, 0.6) is 0 Å². The van der Waals surface area contributed by atoms with Crippen molar-refractivity contribution in [3.8, 4) is 0 Å². The van der Waals surface area contributed by atoms with Crippen molar-refractivity contribution in [3.63, 3.8) is 0 Å². The first-order valence-corrected chi connectivity index (χ1v) is 9.87. The summed E-state index contributed by atoms with van der Waals surface area (Å²) in [7, 11) is 1.59. The van der Waals surface area contributed by atoms with Crippen LogP contribution in [0.4, 0.5) is 18.0 Å². The van der Waals surface area contributed by atoms with Crippen molar-refractivity contribution < 1.29 is 27.4 Å². The fraction of sp³-hybridized carbons (Fsp3) is 0.667. The van der Waals surface area contributed by atoms with E-state index in [1.807, 2.05) is 27.7 Å². The van der Waals surface area contributed by atoms with E-state index in [-0.39, 0.29) is 24.3 Å². The van der Waals surface area contributed by atoms with Crippen molar-refractivity contribution in [2.24, 2.45) is 0 Å². The molecule has 5 nitrogen and oxygen atoms in total. The Morgan fingerprint density at radius 3 is 2.41 bits per heavy atom. The van der Waals surface area contributed by atoms with Gasteiger partial charge in [0.15, 0.2) is 0 Å². The van der Waals surface area contributed by atoms with E-state index in [2.05, 4.69) is 4.90 Å². The van der Waals surface area contributed by atoms with Gasteiger partial charge in [0.2, 0.25) is 0 Å². The van der Waals surface area contributed by atoms with Gasteiger partial charge in [-0.2, -0.15) is 13.2 Å². The molecule has 162 valence electrons. The fourth-order valence-electron chi connectivity index (χ4n) is 4.26. The predicted molar refractivity (Wildman–Crippen MR) is 103 cm³/mol. The van der Waals surface area contributed by atoms with Gasteiger partial charge in [0.1, 0.15) is 5.60 Å². The summed E-state index contributed by atoms with van der Waals surface area (Å²) in [5, 5.41) is 0. The minimum Gasteiger partial charge on any atom is -0.444 e. The highest BCUT2D eigenvalue weighted by Crippen LogP contribution is 2.42. The number of carbonyl (C=O) groups is 1. The third-order valence-corrected chi connectivity index (χ3v) is 5.55. The number of amides is 1. The number of carbonyl (C=O) groups excluding carboxylic acids is 1. The molecule has 1 aromatic rings. The molecular formula is C21H29F3N2O3. The fourth-order valence-corrected chi connectivity index (χ4v) is 4.26. The Kier molecular flexibility index (Phi) is 5.89. The van der Waals surface area contributed by atoms with Gasteiger partial charge in [-0.25, -0.2) is 4.79 Å². The molecule has 1 fully saturated rings. The van der Waals surface area contributed by atoms with Gasteiger partial charge in [-0.15, -0.1) is 0 Å². The van der Waals surface area contributed by atoms with Crippen molar-refractivity contribution in [1.29, 1.82) is 0 Å². The normalized spacial score (nSPS) is 25.8. The number of benzene rings is 1. The van der Waals surface area contributed by atoms with Gasteiger partial charge >= 0.3 is 12.3 Å². The van der Waals surface area contributed by atoms with Gasteiger partial charge < -0.3 is 14.4 Å². The highest BCUT2D eigenvalue weighted by Gasteiger charge is 2.42. The van der Waals surface area contributed by atoms with E-state index in [1.165, 1.54) is 6.07 Å². The second-order valence-corrected chi connectivity index (χ2v) is 8.85. The minimum atomic E-state index is -4.36. The van der Waals surface area contributed by atoms with Gasteiger partial charge in [0.05, 0.1) is 17.7 Å². The van der Waals surface area contributed by atoms with Crippen LogP contribution in [0.25, 0.3) is 0 Å². The van der Waals surface area contributed by atoms with Crippen LogP contribution in [0, 0.1) is 0 Å². The maximum atomic E-state index is 13.1. The highest BCUT2D eigenvalue weighted by atomic mass is 19.4. The Bertz CT molecular complexity index is 761. The number of hydrogen-bond acceptors (Lipinski definition) is 4. The van der Waals surface area contributed by atoms with E-state index in [9.17, 15) is 18.0 Å². The van der Waals surface area contributed by atoms with Gasteiger partial charge in [-0.3, -0.25) is 4.90 Å². The lowest BCUT2D eigenvalue weighted by molar-refractivity contribution is -0.137. The molecular weight excluding hydrogens is 385 g/mol. The summed E-state index contributed by atoms with van der Waals surface area (Å²) >= 11 is 0. The quantitative estimate of drug-likeness (QED) is 0.725. The number of piperazine rings is 1. The molecule has 3 rings (SSSR count). The molecule has 1 amide bonds. The minimum absolute atomic E-state index is 0.0205. The van der Waals surface area contributed by atoms with E-state index < -0.39 is 17.3 Å². The monoisotopic (exact) mass is 414 g/mol. The van der Waals surface area contributed by atoms with Gasteiger partial charge in [-0.1, -0.05) is 6.07 Å². The molecule has 3 atom stereocenters. The van der Waals surface area contributed by atoms with Crippen LogP contribution in [0.2, 0.25) is 0 Å². The molecule has 0 aromatic heterocycles. The zero-order valence-corrected chi connectivity index (χ0v) is 17.5. The summed E-state index contributed by atoms with van der Waals surface area (Å²) in [5.74, 6) is 0. The van der Waals surface area contributed by atoms with Gasteiger partial charge in [0, 0.05) is 39.2 Å². The van der Waals surface area contributed by atoms with Crippen LogP contribution in [0.15, 0.2) is 18.2 Å². The first-order chi connectivity index (χ1) is 13.4. The van der Waals surface area contributed by atoms with Crippen molar-refractivity contribution in [3.05, 3.63) is 34.9 Å². The number of rotatable bonds is 2. The summed E-state index contributed by atoms with van der Waals surface area (Å²) in [4.78, 5) is 16.3. The van der Waals surface area contributed by atoms with Crippen LogP contribution in [0.1, 0.15) is 50.4 Å². The standard InChI is InChI=1S/C21H29F3N2O3/c1-13-12-25(19(27)29-20(2,3)4)8-9-26(13)18-16-7-6-15(21(22,23)24)10-14(16)11-17(18)28-5/h6-7,10,13,17-18H,8-9,11-12H2,1-5H3/t13-,17?,18?/m0/s1.